The minimum Gasteiger partial charge on any atom is -0.512 e. The largest absolute Gasteiger partial charge is 5.00 e. The maximum Gasteiger partial charge on any atom is 5.00 e. The normalized spacial score (nSPS) is 0.625. The monoisotopic (exact) mass is 285 g/mol. The molecule has 0 rings (SSSR count). The summed E-state index contributed by atoms with van der Waals surface area (Å²) in [4.78, 5) is 0. The molecule has 0 aliphatic carbocycles. The number of hydrogen-bond donors (Lipinski definition) is 1. The maximum absolute atomic E-state index is 6.25. The van der Waals surface area contributed by atoms with Gasteiger partial charge in [-0.1, -0.05) is 0 Å². The third kappa shape index (κ3) is 101000. The van der Waals surface area contributed by atoms with E-state index in [1.165, 1.54) is 0 Å². The van der Waals surface area contributed by atoms with Crippen LogP contribution in [0.25, 0.3) is 0 Å². The van der Waals surface area contributed by atoms with E-state index >= 15 is 0 Å². The van der Waals surface area contributed by atoms with Crippen LogP contribution >= 0.6 is 0 Å². The molecule has 0 aliphatic rings. The van der Waals surface area contributed by atoms with Gasteiger partial charge in [0.2, 0.25) is 0 Å². The summed E-state index contributed by atoms with van der Waals surface area (Å²) in [6, 6.07) is 0. The molecule has 0 heterocycles. The zero-order chi connectivity index (χ0) is 10.0. The van der Waals surface area contributed by atoms with E-state index in [4.69, 9.17) is 59.2 Å². The minimum atomic E-state index is 0. The fourth-order valence-electron chi connectivity index (χ4n) is 0. The van der Waals surface area contributed by atoms with E-state index in [1.807, 2.05) is 0 Å². The van der Waals surface area contributed by atoms with Gasteiger partial charge in [0.1, 0.15) is 0 Å². The average molecular weight is 285 g/mol. The van der Waals surface area contributed by atoms with Crippen molar-refractivity contribution >= 4 is 59.1 Å². The van der Waals surface area contributed by atoms with Crippen molar-refractivity contribution in [2.75, 3.05) is 0 Å². The van der Waals surface area contributed by atoms with Gasteiger partial charge in [-0.25, -0.2) is 0 Å². The minimum absolute atomic E-state index is 0. The van der Waals surface area contributed by atoms with Crippen LogP contribution in [0.1, 0.15) is 0 Å². The maximum atomic E-state index is 6.25. The Morgan fingerprint density at radius 3 is 0.438 bits per heavy atom. The van der Waals surface area contributed by atoms with Gasteiger partial charge in [0.25, 0.3) is 0 Å². The van der Waals surface area contributed by atoms with Crippen LogP contribution in [-0.2, 0) is 17.1 Å². The first kappa shape index (κ1) is 149. The van der Waals surface area contributed by atoms with E-state index in [2.05, 4.69) is 0 Å². The Labute approximate surface area is 151 Å². The predicted molar refractivity (Wildman–Crippen MR) is 48.6 cm³/mol. The molecule has 0 aromatic heterocycles. The molecule has 0 amide bonds. The Balaban J connectivity index is -0.00000000198. The van der Waals surface area contributed by atoms with Crippen molar-refractivity contribution in [3.63, 3.8) is 0 Å². The van der Waals surface area contributed by atoms with Crippen molar-refractivity contribution in [3.05, 3.63) is 32.9 Å². The number of rotatable bonds is 0. The molecule has 11 heteroatoms. The molecule has 0 bridgehead atoms. The molecule has 0 saturated carbocycles. The molecular weight excluding hydrogens is 278 g/mol. The van der Waals surface area contributed by atoms with Gasteiger partial charge in [0, 0.05) is 59.1 Å². The SMILES string of the molecule is N.O.O.[C-]#N.[C-]#N.[C-]#N.[C-]#N.[C-]#N.[Fe+5].[Na].[Na]. The second-order valence-corrected chi connectivity index (χ2v) is 0. The zero-order valence-corrected chi connectivity index (χ0v) is 13.9. The van der Waals surface area contributed by atoms with Crippen LogP contribution < -0.4 is 6.15 Å². The van der Waals surface area contributed by atoms with Crippen LogP contribution in [-0.4, -0.2) is 70.1 Å². The van der Waals surface area contributed by atoms with Crippen molar-refractivity contribution < 1.29 is 28.0 Å². The molecule has 3 radical (unpaired) electrons. The van der Waals surface area contributed by atoms with Crippen molar-refractivity contribution in [1.29, 1.82) is 26.3 Å². The zero-order valence-electron chi connectivity index (χ0n) is 8.80. The van der Waals surface area contributed by atoms with E-state index < -0.39 is 0 Å². The standard InChI is InChI=1S/5CN.Fe.H3N.2Na.2H2O/c5*1-2;;;;;;/h;;;;;;1H3;;;2*1H2/q5*-1;+5;;;;;. The molecule has 8 nitrogen and oxygen atoms in total. The van der Waals surface area contributed by atoms with Crippen LogP contribution in [0.4, 0.5) is 0 Å². The summed E-state index contributed by atoms with van der Waals surface area (Å²) in [5, 5.41) is 31.2. The second-order valence-electron chi connectivity index (χ2n) is 0. The summed E-state index contributed by atoms with van der Waals surface area (Å²) in [6.45, 7) is 23.8. The predicted octanol–water partition coefficient (Wildman–Crippen LogP) is -1.77. The third-order valence-electron chi connectivity index (χ3n) is 0. The molecule has 79 valence electrons. The quantitative estimate of drug-likeness (QED) is 0.400. The average Bonchev–Trinajstić information content (AvgIpc) is 2.20. The molecule has 16 heavy (non-hydrogen) atoms. The van der Waals surface area contributed by atoms with Crippen molar-refractivity contribution in [1.82, 2.24) is 6.15 Å². The molecule has 0 fully saturated rings. The summed E-state index contributed by atoms with van der Waals surface area (Å²) in [5.74, 6) is 0. The van der Waals surface area contributed by atoms with Crippen LogP contribution in [0.3, 0.4) is 0 Å². The van der Waals surface area contributed by atoms with Crippen molar-refractivity contribution in [3.8, 4) is 0 Å². The number of nitrogens with zero attached hydrogens (tertiary/aromatic N) is 5. The molecule has 7 N–H and O–H groups in total. The first-order chi connectivity index (χ1) is 5.00. The summed E-state index contributed by atoms with van der Waals surface area (Å²) in [7, 11) is 0. The Morgan fingerprint density at radius 1 is 0.438 bits per heavy atom. The summed E-state index contributed by atoms with van der Waals surface area (Å²) in [5.41, 5.74) is 0. The van der Waals surface area contributed by atoms with Crippen LogP contribution in [0.15, 0.2) is 0 Å². The Kier molecular flexibility index (Phi) is 1170000. The first-order valence-electron chi connectivity index (χ1n) is 1.12. The molecule has 0 aromatic rings. The fourth-order valence-corrected chi connectivity index (χ4v) is 0. The van der Waals surface area contributed by atoms with Gasteiger partial charge in [0.05, 0.1) is 0 Å². The van der Waals surface area contributed by atoms with E-state index in [-0.39, 0.29) is 93.3 Å². The summed E-state index contributed by atoms with van der Waals surface area (Å²) >= 11 is 0. The van der Waals surface area contributed by atoms with Gasteiger partial charge < -0.3 is 76.3 Å². The molecule has 0 saturated heterocycles. The molecule has 0 atom stereocenters. The Hall–Kier alpha value is -0.151. The van der Waals surface area contributed by atoms with Gasteiger partial charge in [-0.3, -0.25) is 0 Å². The summed E-state index contributed by atoms with van der Waals surface area (Å²) in [6.07, 6.45) is 0. The third-order valence-corrected chi connectivity index (χ3v) is 0. The van der Waals surface area contributed by atoms with Gasteiger partial charge in [0.15, 0.2) is 0 Å². The van der Waals surface area contributed by atoms with Gasteiger partial charge in [-0.05, 0) is 0 Å². The smallest absolute Gasteiger partial charge is 0.512 e. The van der Waals surface area contributed by atoms with Crippen molar-refractivity contribution in [2.24, 2.45) is 0 Å². The molecule has 0 aromatic carbocycles. The van der Waals surface area contributed by atoms with E-state index in [0.29, 0.717) is 0 Å². The summed E-state index contributed by atoms with van der Waals surface area (Å²) < 4.78 is 0. The second kappa shape index (κ2) is 126000. The van der Waals surface area contributed by atoms with E-state index in [9.17, 15) is 0 Å². The Morgan fingerprint density at radius 2 is 0.438 bits per heavy atom. The topological polar surface area (TPSA) is 217 Å². The van der Waals surface area contributed by atoms with E-state index in [1.54, 1.807) is 0 Å². The van der Waals surface area contributed by atoms with Crippen LogP contribution in [0.2, 0.25) is 0 Å². The molecule has 0 spiro atoms. The molecular formula is C5H7FeN6Na2O2. The Bertz CT molecular complexity index is 91.5. The van der Waals surface area contributed by atoms with E-state index in [0.717, 1.165) is 0 Å². The van der Waals surface area contributed by atoms with Gasteiger partial charge >= 0.3 is 17.1 Å². The molecule has 0 aliphatic heterocycles. The number of hydrogen-bond acceptors (Lipinski definition) is 6. The first-order valence-corrected chi connectivity index (χ1v) is 1.12. The van der Waals surface area contributed by atoms with Crippen molar-refractivity contribution in [2.45, 2.75) is 0 Å². The molecule has 0 unspecified atom stereocenters. The fraction of sp³-hybridized carbons (Fsp3) is 0. The van der Waals surface area contributed by atoms with Crippen LogP contribution in [0.5, 0.6) is 0 Å². The van der Waals surface area contributed by atoms with Gasteiger partial charge in [-0.2, -0.15) is 0 Å². The van der Waals surface area contributed by atoms with Crippen LogP contribution in [0, 0.1) is 59.2 Å². The van der Waals surface area contributed by atoms with Gasteiger partial charge in [-0.15, -0.1) is 0 Å².